The Balaban J connectivity index is 2.14. The molecule has 0 saturated heterocycles. The van der Waals surface area contributed by atoms with Gasteiger partial charge in [-0.15, -0.1) is 0 Å². The minimum absolute atomic E-state index is 0.0381. The number of hydrogen-bond donors (Lipinski definition) is 2. The Morgan fingerprint density at radius 2 is 1.72 bits per heavy atom. The summed E-state index contributed by atoms with van der Waals surface area (Å²) in [6.07, 6.45) is 7.01. The van der Waals surface area contributed by atoms with Crippen LogP contribution >= 0.6 is 0 Å². The topological polar surface area (TPSA) is 46.2 Å². The molecule has 0 heterocycles. The molecule has 2 fully saturated rings. The lowest BCUT2D eigenvalue weighted by Gasteiger charge is -2.52. The first-order valence-electron chi connectivity index (χ1n) is 7.70. The summed E-state index contributed by atoms with van der Waals surface area (Å²) < 4.78 is 0. The van der Waals surface area contributed by atoms with Gasteiger partial charge in [-0.3, -0.25) is 0 Å². The second-order valence-electron chi connectivity index (χ2n) is 7.70. The molecule has 3 N–H and O–H groups in total. The smallest absolute Gasteiger partial charge is 0.0741 e. The monoisotopic (exact) mass is 253 g/mol. The van der Waals surface area contributed by atoms with Crippen LogP contribution in [0.3, 0.4) is 0 Å². The van der Waals surface area contributed by atoms with E-state index in [1.54, 1.807) is 0 Å². The molecule has 0 radical (unpaired) electrons. The van der Waals surface area contributed by atoms with E-state index in [4.69, 9.17) is 5.73 Å². The number of rotatable bonds is 4. The van der Waals surface area contributed by atoms with Crippen LogP contribution < -0.4 is 5.73 Å². The highest BCUT2D eigenvalue weighted by atomic mass is 16.3. The Morgan fingerprint density at radius 3 is 2.06 bits per heavy atom. The summed E-state index contributed by atoms with van der Waals surface area (Å²) in [5.41, 5.74) is 5.61. The summed E-state index contributed by atoms with van der Waals surface area (Å²) >= 11 is 0. The van der Waals surface area contributed by atoms with Gasteiger partial charge in [0.2, 0.25) is 0 Å². The molecule has 0 aromatic heterocycles. The fraction of sp³-hybridized carbons (Fsp3) is 1.00. The molecule has 1 unspecified atom stereocenters. The SMILES string of the molecule is CC(C)C1CCC(CN)(C(C)(O)C2(C)CC2)CC1. The van der Waals surface area contributed by atoms with Gasteiger partial charge in [0.1, 0.15) is 0 Å². The lowest BCUT2D eigenvalue weighted by molar-refractivity contribution is -0.137. The van der Waals surface area contributed by atoms with Crippen LogP contribution in [0, 0.1) is 22.7 Å². The Labute approximate surface area is 112 Å². The van der Waals surface area contributed by atoms with Crippen LogP contribution in [-0.4, -0.2) is 17.3 Å². The molecule has 2 rings (SSSR count). The molecule has 106 valence electrons. The third kappa shape index (κ3) is 2.02. The molecular formula is C16H31NO. The molecule has 2 aliphatic carbocycles. The van der Waals surface area contributed by atoms with Crippen LogP contribution in [0.1, 0.15) is 66.2 Å². The zero-order chi connectivity index (χ0) is 13.6. The molecule has 2 nitrogen and oxygen atoms in total. The van der Waals surface area contributed by atoms with Gasteiger partial charge in [-0.05, 0) is 62.7 Å². The van der Waals surface area contributed by atoms with Crippen LogP contribution in [0.15, 0.2) is 0 Å². The second kappa shape index (κ2) is 4.49. The summed E-state index contributed by atoms with van der Waals surface area (Å²) in [5, 5.41) is 11.1. The number of aliphatic hydroxyl groups is 1. The molecule has 0 amide bonds. The summed E-state index contributed by atoms with van der Waals surface area (Å²) in [5.74, 6) is 1.59. The minimum Gasteiger partial charge on any atom is -0.389 e. The Hall–Kier alpha value is -0.0800. The third-order valence-electron chi connectivity index (χ3n) is 6.53. The fourth-order valence-electron chi connectivity index (χ4n) is 4.06. The van der Waals surface area contributed by atoms with Crippen molar-refractivity contribution >= 4 is 0 Å². The molecule has 2 heteroatoms. The van der Waals surface area contributed by atoms with Crippen LogP contribution in [0.5, 0.6) is 0 Å². The molecular weight excluding hydrogens is 222 g/mol. The van der Waals surface area contributed by atoms with Crippen molar-refractivity contribution in [2.24, 2.45) is 28.4 Å². The lowest BCUT2D eigenvalue weighted by Crippen LogP contribution is -2.57. The molecule has 1 atom stereocenters. The summed E-state index contributed by atoms with van der Waals surface area (Å²) in [6, 6.07) is 0. The van der Waals surface area contributed by atoms with Crippen molar-refractivity contribution in [3.05, 3.63) is 0 Å². The van der Waals surface area contributed by atoms with Crippen LogP contribution in [0.25, 0.3) is 0 Å². The molecule has 0 aromatic carbocycles. The normalized spacial score (nSPS) is 38.5. The van der Waals surface area contributed by atoms with Crippen molar-refractivity contribution in [2.45, 2.75) is 71.8 Å². The lowest BCUT2D eigenvalue weighted by atomic mass is 9.56. The van der Waals surface area contributed by atoms with Crippen LogP contribution in [0.4, 0.5) is 0 Å². The van der Waals surface area contributed by atoms with Gasteiger partial charge in [0.15, 0.2) is 0 Å². The van der Waals surface area contributed by atoms with E-state index < -0.39 is 5.60 Å². The molecule has 2 aliphatic rings. The van der Waals surface area contributed by atoms with Crippen molar-refractivity contribution in [3.63, 3.8) is 0 Å². The van der Waals surface area contributed by atoms with E-state index >= 15 is 0 Å². The molecule has 0 bridgehead atoms. The summed E-state index contributed by atoms with van der Waals surface area (Å²) in [4.78, 5) is 0. The first kappa shape index (κ1) is 14.3. The van der Waals surface area contributed by atoms with Crippen molar-refractivity contribution in [1.82, 2.24) is 0 Å². The minimum atomic E-state index is -0.587. The van der Waals surface area contributed by atoms with Gasteiger partial charge in [-0.25, -0.2) is 0 Å². The summed E-state index contributed by atoms with van der Waals surface area (Å²) in [6.45, 7) is 9.57. The van der Waals surface area contributed by atoms with Gasteiger partial charge in [0.25, 0.3) is 0 Å². The Morgan fingerprint density at radius 1 is 1.22 bits per heavy atom. The zero-order valence-electron chi connectivity index (χ0n) is 12.6. The second-order valence-corrected chi connectivity index (χ2v) is 7.70. The molecule has 2 saturated carbocycles. The number of nitrogens with two attached hydrogens (primary N) is 1. The zero-order valence-corrected chi connectivity index (χ0v) is 12.6. The third-order valence-corrected chi connectivity index (χ3v) is 6.53. The van der Waals surface area contributed by atoms with Gasteiger partial charge < -0.3 is 10.8 Å². The van der Waals surface area contributed by atoms with Crippen molar-refractivity contribution in [2.75, 3.05) is 6.54 Å². The average molecular weight is 253 g/mol. The largest absolute Gasteiger partial charge is 0.389 e. The Kier molecular flexibility index (Phi) is 3.57. The standard InChI is InChI=1S/C16H31NO/c1-12(2)13-5-7-16(11-17,8-6-13)15(4,18)14(3)9-10-14/h12-13,18H,5-11,17H2,1-4H3. The highest BCUT2D eigenvalue weighted by Crippen LogP contribution is 2.62. The Bertz CT molecular complexity index is 296. The molecule has 18 heavy (non-hydrogen) atoms. The van der Waals surface area contributed by atoms with Gasteiger partial charge >= 0.3 is 0 Å². The summed E-state index contributed by atoms with van der Waals surface area (Å²) in [7, 11) is 0. The maximum Gasteiger partial charge on any atom is 0.0741 e. The van der Waals surface area contributed by atoms with E-state index in [2.05, 4.69) is 27.7 Å². The van der Waals surface area contributed by atoms with Crippen LogP contribution in [0.2, 0.25) is 0 Å². The van der Waals surface area contributed by atoms with E-state index in [1.165, 1.54) is 12.8 Å². The fourth-order valence-corrected chi connectivity index (χ4v) is 4.06. The molecule has 0 aliphatic heterocycles. The van der Waals surface area contributed by atoms with E-state index in [9.17, 15) is 5.11 Å². The van der Waals surface area contributed by atoms with Gasteiger partial charge in [-0.1, -0.05) is 20.8 Å². The van der Waals surface area contributed by atoms with Crippen molar-refractivity contribution < 1.29 is 5.11 Å². The molecule has 0 spiro atoms. The predicted octanol–water partition coefficient (Wildman–Crippen LogP) is 3.33. The maximum absolute atomic E-state index is 11.1. The van der Waals surface area contributed by atoms with Crippen LogP contribution in [-0.2, 0) is 0 Å². The first-order chi connectivity index (χ1) is 8.28. The van der Waals surface area contributed by atoms with E-state index in [0.717, 1.165) is 37.5 Å². The van der Waals surface area contributed by atoms with Gasteiger partial charge in [-0.2, -0.15) is 0 Å². The van der Waals surface area contributed by atoms with Crippen molar-refractivity contribution in [3.8, 4) is 0 Å². The van der Waals surface area contributed by atoms with Gasteiger partial charge in [0, 0.05) is 12.0 Å². The average Bonchev–Trinajstić information content (AvgIpc) is 3.08. The van der Waals surface area contributed by atoms with E-state index in [1.807, 2.05) is 0 Å². The highest BCUT2D eigenvalue weighted by Gasteiger charge is 2.62. The van der Waals surface area contributed by atoms with E-state index in [0.29, 0.717) is 6.54 Å². The quantitative estimate of drug-likeness (QED) is 0.807. The van der Waals surface area contributed by atoms with E-state index in [-0.39, 0.29) is 10.8 Å². The van der Waals surface area contributed by atoms with Gasteiger partial charge in [0.05, 0.1) is 5.60 Å². The van der Waals surface area contributed by atoms with Crippen molar-refractivity contribution in [1.29, 1.82) is 0 Å². The first-order valence-corrected chi connectivity index (χ1v) is 7.70. The molecule has 0 aromatic rings. The highest BCUT2D eigenvalue weighted by molar-refractivity contribution is 5.13. The predicted molar refractivity (Wildman–Crippen MR) is 76.2 cm³/mol. The maximum atomic E-state index is 11.1. The number of hydrogen-bond acceptors (Lipinski definition) is 2.